The van der Waals surface area contributed by atoms with Crippen molar-refractivity contribution in [2.45, 2.75) is 12.7 Å². The van der Waals surface area contributed by atoms with Gasteiger partial charge in [-0.1, -0.05) is 0 Å². The van der Waals surface area contributed by atoms with Crippen LogP contribution in [-0.4, -0.2) is 9.97 Å². The summed E-state index contributed by atoms with van der Waals surface area (Å²) in [5.41, 5.74) is -0.403. The van der Waals surface area contributed by atoms with Gasteiger partial charge in [-0.15, -0.1) is 0 Å². The highest BCUT2D eigenvalue weighted by Gasteiger charge is 2.34. The molecule has 0 aliphatic heterocycles. The number of benzene rings is 1. The zero-order valence-corrected chi connectivity index (χ0v) is 9.58. The predicted octanol–water partition coefficient (Wildman–Crippen LogP) is 3.25. The second kappa shape index (κ2) is 5.21. The first-order valence-electron chi connectivity index (χ1n) is 5.31. The zero-order valence-electron chi connectivity index (χ0n) is 9.58. The van der Waals surface area contributed by atoms with E-state index in [1.165, 1.54) is 24.8 Å². The minimum atomic E-state index is -4.71. The number of alkyl halides is 3. The molecular weight excluding hydrogens is 262 g/mol. The molecule has 1 N–H and O–H groups in total. The van der Waals surface area contributed by atoms with Crippen LogP contribution < -0.4 is 5.32 Å². The van der Waals surface area contributed by atoms with E-state index in [0.29, 0.717) is 5.56 Å². The van der Waals surface area contributed by atoms with Crippen molar-refractivity contribution in [3.05, 3.63) is 53.9 Å². The van der Waals surface area contributed by atoms with E-state index in [-0.39, 0.29) is 12.2 Å². The van der Waals surface area contributed by atoms with Crippen molar-refractivity contribution in [3.63, 3.8) is 0 Å². The molecule has 2 aromatic rings. The van der Waals surface area contributed by atoms with Crippen LogP contribution in [0.3, 0.4) is 0 Å². The Balaban J connectivity index is 2.14. The van der Waals surface area contributed by atoms with Gasteiger partial charge in [-0.05, 0) is 18.2 Å². The zero-order chi connectivity index (χ0) is 13.9. The van der Waals surface area contributed by atoms with Crippen LogP contribution in [0.25, 0.3) is 0 Å². The summed E-state index contributed by atoms with van der Waals surface area (Å²) >= 11 is 0. The van der Waals surface area contributed by atoms with Crippen LogP contribution in [0.2, 0.25) is 0 Å². The Morgan fingerprint density at radius 1 is 1.11 bits per heavy atom. The number of hydrogen-bond acceptors (Lipinski definition) is 3. The van der Waals surface area contributed by atoms with Crippen molar-refractivity contribution in [2.75, 3.05) is 5.32 Å². The number of hydrogen-bond donors (Lipinski definition) is 1. The fourth-order valence-corrected chi connectivity index (χ4v) is 1.48. The Morgan fingerprint density at radius 3 is 2.42 bits per heavy atom. The molecule has 0 unspecified atom stereocenters. The van der Waals surface area contributed by atoms with Gasteiger partial charge in [0, 0.05) is 30.2 Å². The summed E-state index contributed by atoms with van der Waals surface area (Å²) in [5, 5.41) is 2.75. The van der Waals surface area contributed by atoms with Gasteiger partial charge < -0.3 is 5.32 Å². The molecule has 1 aromatic carbocycles. The lowest BCUT2D eigenvalue weighted by Gasteiger charge is -2.11. The maximum Gasteiger partial charge on any atom is 0.419 e. The fraction of sp³-hybridized carbons (Fsp3) is 0.167. The summed E-state index contributed by atoms with van der Waals surface area (Å²) in [7, 11) is 0. The van der Waals surface area contributed by atoms with E-state index >= 15 is 0 Å². The van der Waals surface area contributed by atoms with Gasteiger partial charge in [-0.3, -0.25) is 0 Å². The summed E-state index contributed by atoms with van der Waals surface area (Å²) in [6, 6.07) is 2.76. The van der Waals surface area contributed by atoms with Gasteiger partial charge >= 0.3 is 6.18 Å². The van der Waals surface area contributed by atoms with Gasteiger partial charge in [-0.2, -0.15) is 13.2 Å². The average molecular weight is 271 g/mol. The number of nitrogens with one attached hydrogen (secondary N) is 1. The van der Waals surface area contributed by atoms with Gasteiger partial charge in [0.2, 0.25) is 0 Å². The van der Waals surface area contributed by atoms with Crippen LogP contribution in [0, 0.1) is 5.82 Å². The van der Waals surface area contributed by atoms with Crippen LogP contribution in [0.4, 0.5) is 23.2 Å². The Labute approximate surface area is 106 Å². The van der Waals surface area contributed by atoms with E-state index in [1.54, 1.807) is 0 Å². The van der Waals surface area contributed by atoms with Crippen LogP contribution in [0.1, 0.15) is 11.1 Å². The van der Waals surface area contributed by atoms with E-state index in [0.717, 1.165) is 12.1 Å². The number of rotatable bonds is 3. The number of nitrogens with zero attached hydrogens (tertiary/aromatic N) is 2. The molecule has 0 spiro atoms. The summed E-state index contributed by atoms with van der Waals surface area (Å²) in [6.07, 6.45) is -0.289. The molecule has 0 amide bonds. The molecule has 19 heavy (non-hydrogen) atoms. The SMILES string of the molecule is Fc1ccc(NCc2cncnc2)cc1C(F)(F)F. The fourth-order valence-electron chi connectivity index (χ4n) is 1.48. The molecule has 3 nitrogen and oxygen atoms in total. The van der Waals surface area contributed by atoms with Crippen molar-refractivity contribution in [2.24, 2.45) is 0 Å². The molecule has 0 fully saturated rings. The molecule has 0 bridgehead atoms. The monoisotopic (exact) mass is 271 g/mol. The minimum Gasteiger partial charge on any atom is -0.381 e. The summed E-state index contributed by atoms with van der Waals surface area (Å²) in [6.45, 7) is 0.254. The lowest BCUT2D eigenvalue weighted by atomic mass is 10.1. The molecule has 2 rings (SSSR count). The molecule has 7 heteroatoms. The van der Waals surface area contributed by atoms with Crippen LogP contribution >= 0.6 is 0 Å². The van der Waals surface area contributed by atoms with Crippen LogP contribution in [-0.2, 0) is 12.7 Å². The second-order valence-electron chi connectivity index (χ2n) is 3.79. The molecule has 0 aliphatic rings. The second-order valence-corrected chi connectivity index (χ2v) is 3.79. The minimum absolute atomic E-state index is 0.178. The molecule has 0 aliphatic carbocycles. The quantitative estimate of drug-likeness (QED) is 0.871. The van der Waals surface area contributed by atoms with E-state index in [4.69, 9.17) is 0 Å². The summed E-state index contributed by atoms with van der Waals surface area (Å²) in [5.74, 6) is -1.29. The lowest BCUT2D eigenvalue weighted by Crippen LogP contribution is -2.09. The standard InChI is InChI=1S/C12H9F4N3/c13-11-2-1-9(3-10(11)12(14,15)16)19-6-8-4-17-7-18-5-8/h1-5,7,19H,6H2. The Hall–Kier alpha value is -2.18. The average Bonchev–Trinajstić information content (AvgIpc) is 2.37. The number of halogens is 4. The third-order valence-electron chi connectivity index (χ3n) is 2.38. The van der Waals surface area contributed by atoms with E-state index < -0.39 is 17.6 Å². The van der Waals surface area contributed by atoms with Crippen molar-refractivity contribution >= 4 is 5.69 Å². The molecule has 1 aromatic heterocycles. The van der Waals surface area contributed by atoms with Gasteiger partial charge in [0.15, 0.2) is 0 Å². The largest absolute Gasteiger partial charge is 0.419 e. The van der Waals surface area contributed by atoms with Crippen LogP contribution in [0.15, 0.2) is 36.9 Å². The lowest BCUT2D eigenvalue weighted by molar-refractivity contribution is -0.139. The molecular formula is C12H9F4N3. The molecule has 0 radical (unpaired) electrons. The Bertz CT molecular complexity index is 555. The highest BCUT2D eigenvalue weighted by Crippen LogP contribution is 2.33. The predicted molar refractivity (Wildman–Crippen MR) is 60.8 cm³/mol. The van der Waals surface area contributed by atoms with Gasteiger partial charge in [0.1, 0.15) is 12.1 Å². The number of anilines is 1. The highest BCUT2D eigenvalue weighted by atomic mass is 19.4. The molecule has 0 saturated carbocycles. The van der Waals surface area contributed by atoms with E-state index in [1.807, 2.05) is 0 Å². The third kappa shape index (κ3) is 3.40. The van der Waals surface area contributed by atoms with Crippen molar-refractivity contribution in [1.29, 1.82) is 0 Å². The molecule has 0 atom stereocenters. The molecule has 100 valence electrons. The first kappa shape index (κ1) is 13.3. The smallest absolute Gasteiger partial charge is 0.381 e. The van der Waals surface area contributed by atoms with Gasteiger partial charge in [0.25, 0.3) is 0 Å². The van der Waals surface area contributed by atoms with Gasteiger partial charge in [0.05, 0.1) is 5.56 Å². The Kier molecular flexibility index (Phi) is 3.64. The van der Waals surface area contributed by atoms with E-state index in [2.05, 4.69) is 15.3 Å². The van der Waals surface area contributed by atoms with Gasteiger partial charge in [-0.25, -0.2) is 14.4 Å². The van der Waals surface area contributed by atoms with Crippen molar-refractivity contribution in [1.82, 2.24) is 9.97 Å². The Morgan fingerprint density at radius 2 is 1.79 bits per heavy atom. The molecule has 0 saturated heterocycles. The third-order valence-corrected chi connectivity index (χ3v) is 2.38. The first-order valence-corrected chi connectivity index (χ1v) is 5.31. The topological polar surface area (TPSA) is 37.8 Å². The van der Waals surface area contributed by atoms with Crippen molar-refractivity contribution in [3.8, 4) is 0 Å². The van der Waals surface area contributed by atoms with E-state index in [9.17, 15) is 17.6 Å². The first-order chi connectivity index (χ1) is 8.97. The summed E-state index contributed by atoms with van der Waals surface area (Å²) < 4.78 is 50.6. The maximum absolute atomic E-state index is 13.1. The number of aromatic nitrogens is 2. The maximum atomic E-state index is 13.1. The van der Waals surface area contributed by atoms with Crippen molar-refractivity contribution < 1.29 is 17.6 Å². The summed E-state index contributed by atoms with van der Waals surface area (Å²) in [4.78, 5) is 7.55. The highest BCUT2D eigenvalue weighted by molar-refractivity contribution is 5.47. The molecule has 1 heterocycles. The normalized spacial score (nSPS) is 11.4. The van der Waals surface area contributed by atoms with Crippen LogP contribution in [0.5, 0.6) is 0 Å².